The van der Waals surface area contributed by atoms with Gasteiger partial charge in [-0.05, 0) is 26.3 Å². The maximum absolute atomic E-state index is 12.0. The van der Waals surface area contributed by atoms with Crippen LogP contribution in [0.25, 0.3) is 0 Å². The quantitative estimate of drug-likeness (QED) is 0.419. The summed E-state index contributed by atoms with van der Waals surface area (Å²) < 4.78 is 14.7. The fourth-order valence-electron chi connectivity index (χ4n) is 2.08. The van der Waals surface area contributed by atoms with E-state index in [2.05, 4.69) is 10.1 Å². The van der Waals surface area contributed by atoms with Gasteiger partial charge in [-0.2, -0.15) is 0 Å². The number of nitrogens with one attached hydrogen (secondary N) is 1. The Hall–Kier alpha value is -2.90. The van der Waals surface area contributed by atoms with E-state index in [1.807, 2.05) is 6.07 Å². The number of benzene rings is 1. The maximum Gasteiger partial charge on any atom is 0.408 e. The van der Waals surface area contributed by atoms with Crippen LogP contribution in [0.2, 0.25) is 0 Å². The minimum atomic E-state index is -1.26. The van der Waals surface area contributed by atoms with Crippen molar-refractivity contribution in [2.75, 3.05) is 7.11 Å². The number of ether oxygens (including phenoxy) is 3. The molecule has 0 aliphatic carbocycles. The van der Waals surface area contributed by atoms with Crippen LogP contribution < -0.4 is 5.32 Å². The van der Waals surface area contributed by atoms with Crippen LogP contribution in [-0.4, -0.2) is 42.6 Å². The summed E-state index contributed by atoms with van der Waals surface area (Å²) in [6.45, 7) is 5.04. The molecular weight excluding hydrogens is 354 g/mol. The summed E-state index contributed by atoms with van der Waals surface area (Å²) >= 11 is 0. The minimum absolute atomic E-state index is 0.00637. The number of carbonyl (C=O) groups is 4. The van der Waals surface area contributed by atoms with E-state index in [1.54, 1.807) is 45.0 Å². The van der Waals surface area contributed by atoms with E-state index >= 15 is 0 Å². The number of rotatable bonds is 8. The molecule has 0 spiro atoms. The lowest BCUT2D eigenvalue weighted by atomic mass is 10.1. The molecule has 0 aliphatic heterocycles. The van der Waals surface area contributed by atoms with Gasteiger partial charge in [0.1, 0.15) is 30.5 Å². The van der Waals surface area contributed by atoms with Crippen molar-refractivity contribution >= 4 is 23.8 Å². The summed E-state index contributed by atoms with van der Waals surface area (Å²) in [6.07, 6.45) is -1.79. The van der Waals surface area contributed by atoms with Gasteiger partial charge in [0.25, 0.3) is 0 Å². The normalized spacial score (nSPS) is 11.9. The van der Waals surface area contributed by atoms with Crippen LogP contribution in [0.15, 0.2) is 30.3 Å². The van der Waals surface area contributed by atoms with Gasteiger partial charge in [0.2, 0.25) is 0 Å². The fourth-order valence-corrected chi connectivity index (χ4v) is 2.08. The highest BCUT2D eigenvalue weighted by molar-refractivity contribution is 5.98. The molecule has 1 N–H and O–H groups in total. The molecule has 0 saturated heterocycles. The van der Waals surface area contributed by atoms with Crippen molar-refractivity contribution in [2.24, 2.45) is 0 Å². The van der Waals surface area contributed by atoms with Crippen molar-refractivity contribution in [1.29, 1.82) is 0 Å². The molecule has 8 heteroatoms. The third kappa shape index (κ3) is 9.39. The molecule has 1 aromatic rings. The van der Waals surface area contributed by atoms with Gasteiger partial charge in [-0.1, -0.05) is 30.3 Å². The number of ketones is 1. The van der Waals surface area contributed by atoms with Crippen LogP contribution >= 0.6 is 0 Å². The number of Topliss-reactive ketones (excluding diaryl/α,β-unsaturated/α-hetero) is 1. The Bertz CT molecular complexity index is 664. The average molecular weight is 379 g/mol. The topological polar surface area (TPSA) is 108 Å². The van der Waals surface area contributed by atoms with E-state index in [0.717, 1.165) is 12.7 Å². The second-order valence-corrected chi connectivity index (χ2v) is 6.79. The zero-order chi connectivity index (χ0) is 20.4. The van der Waals surface area contributed by atoms with Gasteiger partial charge in [0.05, 0.1) is 7.11 Å². The van der Waals surface area contributed by atoms with E-state index < -0.39 is 48.3 Å². The molecule has 0 radical (unpaired) electrons. The van der Waals surface area contributed by atoms with Gasteiger partial charge in [-0.15, -0.1) is 0 Å². The minimum Gasteiger partial charge on any atom is -0.467 e. The van der Waals surface area contributed by atoms with Crippen molar-refractivity contribution in [3.63, 3.8) is 0 Å². The highest BCUT2D eigenvalue weighted by Gasteiger charge is 2.27. The van der Waals surface area contributed by atoms with Crippen molar-refractivity contribution < 1.29 is 33.4 Å². The molecule has 8 nitrogen and oxygen atoms in total. The number of alkyl carbamates (subject to hydrolysis) is 1. The number of hydrogen-bond donors (Lipinski definition) is 1. The number of amides is 1. The van der Waals surface area contributed by atoms with E-state index in [0.29, 0.717) is 0 Å². The molecule has 1 unspecified atom stereocenters. The molecule has 0 bridgehead atoms. The van der Waals surface area contributed by atoms with Gasteiger partial charge < -0.3 is 19.5 Å². The van der Waals surface area contributed by atoms with Crippen LogP contribution in [0, 0.1) is 0 Å². The summed E-state index contributed by atoms with van der Waals surface area (Å²) in [6, 6.07) is 7.71. The number of methoxy groups -OCH3 is 1. The molecule has 148 valence electrons. The first-order valence-corrected chi connectivity index (χ1v) is 8.39. The highest BCUT2D eigenvalue weighted by atomic mass is 16.6. The van der Waals surface area contributed by atoms with Gasteiger partial charge >= 0.3 is 18.0 Å². The van der Waals surface area contributed by atoms with Crippen molar-refractivity contribution in [3.05, 3.63) is 35.9 Å². The monoisotopic (exact) mass is 379 g/mol. The molecule has 27 heavy (non-hydrogen) atoms. The number of esters is 2. The molecule has 0 heterocycles. The molecule has 0 fully saturated rings. The lowest BCUT2D eigenvalue weighted by Crippen LogP contribution is -2.43. The summed E-state index contributed by atoms with van der Waals surface area (Å²) in [5.74, 6) is -2.09. The Morgan fingerprint density at radius 3 is 2.26 bits per heavy atom. The van der Waals surface area contributed by atoms with Crippen LogP contribution in [-0.2, 0) is 35.2 Å². The third-order valence-electron chi connectivity index (χ3n) is 3.18. The smallest absolute Gasteiger partial charge is 0.408 e. The highest BCUT2D eigenvalue weighted by Crippen LogP contribution is 2.10. The first-order valence-electron chi connectivity index (χ1n) is 8.39. The Morgan fingerprint density at radius 1 is 1.07 bits per heavy atom. The predicted octanol–water partition coefficient (Wildman–Crippen LogP) is 2.15. The second-order valence-electron chi connectivity index (χ2n) is 6.79. The molecule has 0 saturated carbocycles. The van der Waals surface area contributed by atoms with Gasteiger partial charge in [-0.25, -0.2) is 9.59 Å². The second kappa shape index (κ2) is 10.3. The summed E-state index contributed by atoms with van der Waals surface area (Å²) in [5, 5.41) is 2.28. The molecule has 1 aromatic carbocycles. The summed E-state index contributed by atoms with van der Waals surface area (Å²) in [7, 11) is 1.13. The van der Waals surface area contributed by atoms with Gasteiger partial charge in [0, 0.05) is 6.42 Å². The van der Waals surface area contributed by atoms with Crippen molar-refractivity contribution in [3.8, 4) is 0 Å². The Kier molecular flexibility index (Phi) is 8.44. The van der Waals surface area contributed by atoms with Crippen LogP contribution in [0.5, 0.6) is 0 Å². The van der Waals surface area contributed by atoms with Crippen molar-refractivity contribution in [2.45, 2.75) is 51.9 Å². The average Bonchev–Trinajstić information content (AvgIpc) is 2.57. The standard InChI is InChI=1S/C19H25NO7/c1-19(2,3)27-16(22)11-14(21)10-15(17(23)25-4)20-18(24)26-12-13-8-6-5-7-9-13/h5-9,15H,10-12H2,1-4H3,(H,20,24). The largest absolute Gasteiger partial charge is 0.467 e. The van der Waals surface area contributed by atoms with E-state index in [1.165, 1.54) is 0 Å². The predicted molar refractivity (Wildman–Crippen MR) is 95.7 cm³/mol. The molecular formula is C19H25NO7. The van der Waals surface area contributed by atoms with E-state index in [4.69, 9.17) is 9.47 Å². The summed E-state index contributed by atoms with van der Waals surface area (Å²) in [4.78, 5) is 47.4. The molecule has 0 aromatic heterocycles. The lowest BCUT2D eigenvalue weighted by Gasteiger charge is -2.20. The Balaban J connectivity index is 2.57. The lowest BCUT2D eigenvalue weighted by molar-refractivity contribution is -0.157. The Morgan fingerprint density at radius 2 is 1.70 bits per heavy atom. The van der Waals surface area contributed by atoms with Crippen LogP contribution in [0.3, 0.4) is 0 Å². The first-order chi connectivity index (χ1) is 12.6. The molecule has 1 amide bonds. The number of carbonyl (C=O) groups excluding carboxylic acids is 4. The maximum atomic E-state index is 12.0. The van der Waals surface area contributed by atoms with Crippen LogP contribution in [0.1, 0.15) is 39.2 Å². The fraction of sp³-hybridized carbons (Fsp3) is 0.474. The van der Waals surface area contributed by atoms with Gasteiger partial charge in [0.15, 0.2) is 0 Å². The van der Waals surface area contributed by atoms with E-state index in [9.17, 15) is 19.2 Å². The number of hydrogen-bond acceptors (Lipinski definition) is 7. The Labute approximate surface area is 158 Å². The molecule has 0 aliphatic rings. The van der Waals surface area contributed by atoms with Crippen LogP contribution in [0.4, 0.5) is 4.79 Å². The SMILES string of the molecule is COC(=O)C(CC(=O)CC(=O)OC(C)(C)C)NC(=O)OCc1ccccc1. The molecule has 1 rings (SSSR count). The zero-order valence-electron chi connectivity index (χ0n) is 15.9. The zero-order valence-corrected chi connectivity index (χ0v) is 15.9. The van der Waals surface area contributed by atoms with E-state index in [-0.39, 0.29) is 6.61 Å². The van der Waals surface area contributed by atoms with Gasteiger partial charge in [-0.3, -0.25) is 9.59 Å². The third-order valence-corrected chi connectivity index (χ3v) is 3.18. The summed E-state index contributed by atoms with van der Waals surface area (Å²) in [5.41, 5.74) is 0.0433. The first kappa shape index (κ1) is 22.1. The molecule has 1 atom stereocenters. The van der Waals surface area contributed by atoms with Crippen molar-refractivity contribution in [1.82, 2.24) is 5.32 Å².